The Labute approximate surface area is 187 Å². The Kier molecular flexibility index (Phi) is 8.23. The number of fused-ring (bicyclic) bond motifs is 1. The molecule has 160 valence electrons. The summed E-state index contributed by atoms with van der Waals surface area (Å²) in [5.74, 6) is 0.597. The molecule has 1 aliphatic rings. The van der Waals surface area contributed by atoms with Crippen LogP contribution in [0.5, 0.6) is 0 Å². The summed E-state index contributed by atoms with van der Waals surface area (Å²) in [5, 5.41) is 6.36. The molecule has 2 amide bonds. The summed E-state index contributed by atoms with van der Waals surface area (Å²) >= 11 is 0. The number of carbonyl (C=O) groups excluding carboxylic acids is 2. The molecular weight excluding hydrogens is 425 g/mol. The minimum atomic E-state index is -0.510. The number of carbonyl (C=O) groups is 2. The van der Waals surface area contributed by atoms with Gasteiger partial charge in [0, 0.05) is 17.7 Å². The molecule has 7 nitrogen and oxygen atoms in total. The Morgan fingerprint density at radius 3 is 2.43 bits per heavy atom. The fraction of sp³-hybridized carbons (Fsp3) is 0.286. The molecule has 1 aromatic heterocycles. The highest BCUT2D eigenvalue weighted by molar-refractivity contribution is 6.04. The Morgan fingerprint density at radius 2 is 1.77 bits per heavy atom. The summed E-state index contributed by atoms with van der Waals surface area (Å²) in [6.07, 6.45) is 2.19. The second-order valence-electron chi connectivity index (χ2n) is 7.13. The van der Waals surface area contributed by atoms with Gasteiger partial charge >= 0.3 is 0 Å². The number of nitrogens with zero attached hydrogens (tertiary/aromatic N) is 1. The van der Waals surface area contributed by atoms with Crippen LogP contribution < -0.4 is 16.4 Å². The number of amides is 2. The lowest BCUT2D eigenvalue weighted by Crippen LogP contribution is -2.35. The zero-order valence-electron chi connectivity index (χ0n) is 16.3. The van der Waals surface area contributed by atoms with E-state index in [9.17, 15) is 9.59 Å². The number of benzene rings is 2. The number of hydrogen-bond donors (Lipinski definition) is 4. The number of imidazole rings is 1. The van der Waals surface area contributed by atoms with E-state index >= 15 is 0 Å². The van der Waals surface area contributed by atoms with Crippen molar-refractivity contribution in [3.63, 3.8) is 0 Å². The van der Waals surface area contributed by atoms with E-state index in [1.54, 1.807) is 24.3 Å². The summed E-state index contributed by atoms with van der Waals surface area (Å²) in [5.41, 5.74) is 8.55. The zero-order valence-corrected chi connectivity index (χ0v) is 17.9. The van der Waals surface area contributed by atoms with Crippen LogP contribution >= 0.6 is 24.8 Å². The lowest BCUT2D eigenvalue weighted by molar-refractivity contribution is 0.0943. The normalized spacial score (nSPS) is 13.9. The summed E-state index contributed by atoms with van der Waals surface area (Å²) in [4.78, 5) is 31.7. The van der Waals surface area contributed by atoms with Crippen LogP contribution in [-0.2, 0) is 0 Å². The molecular formula is C21H25Cl2N5O2. The van der Waals surface area contributed by atoms with Gasteiger partial charge in [-0.25, -0.2) is 4.98 Å². The van der Waals surface area contributed by atoms with Crippen LogP contribution in [0.15, 0.2) is 42.5 Å². The summed E-state index contributed by atoms with van der Waals surface area (Å²) in [6, 6.07) is 12.5. The molecule has 1 saturated heterocycles. The number of nitrogens with two attached hydrogens (primary N) is 1. The van der Waals surface area contributed by atoms with Gasteiger partial charge in [-0.05, 0) is 56.1 Å². The van der Waals surface area contributed by atoms with Gasteiger partial charge in [-0.1, -0.05) is 18.2 Å². The molecule has 9 heteroatoms. The minimum Gasteiger partial charge on any atom is -0.366 e. The molecule has 0 saturated carbocycles. The van der Waals surface area contributed by atoms with E-state index in [0.29, 0.717) is 34.9 Å². The van der Waals surface area contributed by atoms with Gasteiger partial charge in [0.1, 0.15) is 11.3 Å². The van der Waals surface area contributed by atoms with Crippen molar-refractivity contribution in [1.82, 2.24) is 20.6 Å². The Hall–Kier alpha value is -2.61. The molecule has 0 bridgehead atoms. The average molecular weight is 450 g/mol. The fourth-order valence-corrected chi connectivity index (χ4v) is 3.57. The van der Waals surface area contributed by atoms with E-state index in [2.05, 4.69) is 20.6 Å². The van der Waals surface area contributed by atoms with Crippen molar-refractivity contribution >= 4 is 47.7 Å². The molecule has 2 heterocycles. The number of nitrogens with one attached hydrogen (secondary N) is 3. The molecule has 5 N–H and O–H groups in total. The first kappa shape index (κ1) is 23.7. The average Bonchev–Trinajstić information content (AvgIpc) is 3.17. The van der Waals surface area contributed by atoms with Crippen LogP contribution in [-0.4, -0.2) is 41.4 Å². The highest BCUT2D eigenvalue weighted by Gasteiger charge is 2.15. The molecule has 30 heavy (non-hydrogen) atoms. The van der Waals surface area contributed by atoms with Gasteiger partial charge in [0.15, 0.2) is 0 Å². The number of aromatic amines is 1. The summed E-state index contributed by atoms with van der Waals surface area (Å²) in [7, 11) is 0. The number of primary amides is 1. The molecule has 0 spiro atoms. The van der Waals surface area contributed by atoms with Gasteiger partial charge in [0.25, 0.3) is 11.8 Å². The number of rotatable bonds is 5. The highest BCUT2D eigenvalue weighted by Crippen LogP contribution is 2.23. The van der Waals surface area contributed by atoms with Gasteiger partial charge < -0.3 is 21.4 Å². The van der Waals surface area contributed by atoms with Crippen LogP contribution in [0.3, 0.4) is 0 Å². The number of para-hydroxylation sites is 1. The van der Waals surface area contributed by atoms with Crippen molar-refractivity contribution in [1.29, 1.82) is 0 Å². The SMILES string of the molecule is Cl.Cl.NC(=O)c1cccc2[nH]c(-c3ccc(C(=O)NCC4CCNCC4)cc3)nc12. The number of H-pyrrole nitrogens is 1. The molecule has 0 unspecified atom stereocenters. The van der Waals surface area contributed by atoms with E-state index in [1.165, 1.54) is 0 Å². The largest absolute Gasteiger partial charge is 0.366 e. The topological polar surface area (TPSA) is 113 Å². The third kappa shape index (κ3) is 5.11. The van der Waals surface area contributed by atoms with Crippen molar-refractivity contribution in [2.45, 2.75) is 12.8 Å². The lowest BCUT2D eigenvalue weighted by Gasteiger charge is -2.22. The summed E-state index contributed by atoms with van der Waals surface area (Å²) in [6.45, 7) is 2.75. The van der Waals surface area contributed by atoms with Gasteiger partial charge in [0.2, 0.25) is 0 Å². The smallest absolute Gasteiger partial charge is 0.251 e. The fourth-order valence-electron chi connectivity index (χ4n) is 3.57. The van der Waals surface area contributed by atoms with Crippen molar-refractivity contribution in [3.05, 3.63) is 53.6 Å². The molecule has 3 aromatic rings. The van der Waals surface area contributed by atoms with Gasteiger partial charge in [0.05, 0.1) is 11.1 Å². The Bertz CT molecular complexity index is 1010. The first-order chi connectivity index (χ1) is 13.6. The molecule has 1 aliphatic heterocycles. The number of aromatic nitrogens is 2. The van der Waals surface area contributed by atoms with Crippen LogP contribution in [0, 0.1) is 5.92 Å². The summed E-state index contributed by atoms with van der Waals surface area (Å²) < 4.78 is 0. The van der Waals surface area contributed by atoms with Gasteiger partial charge in [-0.15, -0.1) is 24.8 Å². The van der Waals surface area contributed by atoms with Crippen molar-refractivity contribution in [2.24, 2.45) is 11.7 Å². The molecule has 0 atom stereocenters. The molecule has 1 fully saturated rings. The van der Waals surface area contributed by atoms with Gasteiger partial charge in [-0.3, -0.25) is 9.59 Å². The molecule has 0 radical (unpaired) electrons. The highest BCUT2D eigenvalue weighted by atomic mass is 35.5. The van der Waals surface area contributed by atoms with Crippen molar-refractivity contribution < 1.29 is 9.59 Å². The number of piperidine rings is 1. The standard InChI is InChI=1S/C21H23N5O2.2ClH/c22-19(27)16-2-1-3-17-18(16)26-20(25-17)14-4-6-15(7-5-14)21(28)24-12-13-8-10-23-11-9-13;;/h1-7,13,23H,8-12H2,(H2,22,27)(H,24,28)(H,25,26);2*1H. The van der Waals surface area contributed by atoms with Crippen molar-refractivity contribution in [3.8, 4) is 11.4 Å². The number of halogens is 2. The Balaban J connectivity index is 0.00000160. The van der Waals surface area contributed by atoms with Crippen LogP contribution in [0.4, 0.5) is 0 Å². The maximum atomic E-state index is 12.4. The van der Waals surface area contributed by atoms with E-state index in [-0.39, 0.29) is 30.7 Å². The van der Waals surface area contributed by atoms with E-state index in [4.69, 9.17) is 5.73 Å². The van der Waals surface area contributed by atoms with E-state index < -0.39 is 5.91 Å². The van der Waals surface area contributed by atoms with Crippen LogP contribution in [0.25, 0.3) is 22.4 Å². The predicted octanol–water partition coefficient (Wildman–Crippen LogP) is 2.90. The molecule has 0 aliphatic carbocycles. The zero-order chi connectivity index (χ0) is 19.5. The minimum absolute atomic E-state index is 0. The molecule has 4 rings (SSSR count). The third-order valence-electron chi connectivity index (χ3n) is 5.21. The second kappa shape index (κ2) is 10.4. The van der Waals surface area contributed by atoms with E-state index in [1.807, 2.05) is 18.2 Å². The second-order valence-corrected chi connectivity index (χ2v) is 7.13. The quantitative estimate of drug-likeness (QED) is 0.479. The monoisotopic (exact) mass is 449 g/mol. The van der Waals surface area contributed by atoms with Gasteiger partial charge in [-0.2, -0.15) is 0 Å². The predicted molar refractivity (Wildman–Crippen MR) is 122 cm³/mol. The Morgan fingerprint density at radius 1 is 1.07 bits per heavy atom. The maximum absolute atomic E-state index is 12.4. The molecule has 2 aromatic carbocycles. The third-order valence-corrected chi connectivity index (χ3v) is 5.21. The first-order valence-electron chi connectivity index (χ1n) is 9.49. The lowest BCUT2D eigenvalue weighted by atomic mass is 9.98. The first-order valence-corrected chi connectivity index (χ1v) is 9.49. The van der Waals surface area contributed by atoms with E-state index in [0.717, 1.165) is 37.0 Å². The van der Waals surface area contributed by atoms with Crippen LogP contribution in [0.1, 0.15) is 33.6 Å². The van der Waals surface area contributed by atoms with Crippen LogP contribution in [0.2, 0.25) is 0 Å². The maximum Gasteiger partial charge on any atom is 0.251 e. The van der Waals surface area contributed by atoms with Crippen molar-refractivity contribution in [2.75, 3.05) is 19.6 Å². The number of hydrogen-bond acceptors (Lipinski definition) is 4.